The fourth-order valence-electron chi connectivity index (χ4n) is 3.94. The topological polar surface area (TPSA) is 85.2 Å². The van der Waals surface area contributed by atoms with Gasteiger partial charge in [-0.15, -0.1) is 0 Å². The summed E-state index contributed by atoms with van der Waals surface area (Å²) in [6, 6.07) is 11.3. The summed E-state index contributed by atoms with van der Waals surface area (Å²) in [5.74, 6) is 0.953. The van der Waals surface area contributed by atoms with Crippen LogP contribution in [0.5, 0.6) is 5.75 Å². The Morgan fingerprint density at radius 2 is 2.06 bits per heavy atom. The second-order valence-electron chi connectivity index (χ2n) is 7.96. The lowest BCUT2D eigenvalue weighted by molar-refractivity contribution is 0.160. The molecule has 0 amide bonds. The number of oxime groups is 1. The number of aryl methyl sites for hydroxylation is 3. The molecule has 0 saturated heterocycles. The first-order valence-electron chi connectivity index (χ1n) is 10.9. The molecule has 0 aromatic heterocycles. The van der Waals surface area contributed by atoms with Gasteiger partial charge in [0.2, 0.25) is 0 Å². The molecular formula is C24H31NO5S. The zero-order chi connectivity index (χ0) is 22.3. The van der Waals surface area contributed by atoms with E-state index in [2.05, 4.69) is 17.3 Å². The van der Waals surface area contributed by atoms with Crippen molar-refractivity contribution in [3.63, 3.8) is 0 Å². The summed E-state index contributed by atoms with van der Waals surface area (Å²) in [6.07, 6.45) is 7.98. The lowest BCUT2D eigenvalue weighted by atomic mass is 9.96. The molecule has 168 valence electrons. The SMILES string of the molecule is CCO/N=C/Cc1ccc2c(c1)CCC(CCCCc1cc(C)ccc1S(=O)(=O)O)O2. The Labute approximate surface area is 185 Å². The van der Waals surface area contributed by atoms with Crippen LogP contribution >= 0.6 is 0 Å². The Morgan fingerprint density at radius 3 is 2.84 bits per heavy atom. The first-order valence-corrected chi connectivity index (χ1v) is 12.3. The highest BCUT2D eigenvalue weighted by molar-refractivity contribution is 7.85. The van der Waals surface area contributed by atoms with E-state index in [9.17, 15) is 13.0 Å². The zero-order valence-electron chi connectivity index (χ0n) is 18.2. The molecule has 7 heteroatoms. The van der Waals surface area contributed by atoms with Crippen LogP contribution < -0.4 is 4.74 Å². The summed E-state index contributed by atoms with van der Waals surface area (Å²) in [5, 5.41) is 3.89. The number of hydrogen-bond acceptors (Lipinski definition) is 5. The van der Waals surface area contributed by atoms with E-state index < -0.39 is 10.1 Å². The lowest BCUT2D eigenvalue weighted by Gasteiger charge is -2.26. The zero-order valence-corrected chi connectivity index (χ0v) is 19.0. The average molecular weight is 446 g/mol. The van der Waals surface area contributed by atoms with Gasteiger partial charge in [0.15, 0.2) is 0 Å². The van der Waals surface area contributed by atoms with E-state index in [4.69, 9.17) is 9.57 Å². The standard InChI is InChI=1S/C24H31NO5S/c1-3-29-25-15-14-19-9-12-23-20(17-19)10-11-22(30-23)7-5-4-6-21-16-18(2)8-13-24(21)31(26,27)28/h8-9,12-13,15-17,22H,3-7,10-11,14H2,1-2H3,(H,26,27,28)/b25-15+. The molecule has 1 heterocycles. The number of rotatable bonds is 10. The molecule has 1 atom stereocenters. The van der Waals surface area contributed by atoms with Crippen LogP contribution in [0.2, 0.25) is 0 Å². The molecular weight excluding hydrogens is 414 g/mol. The molecule has 0 bridgehead atoms. The van der Waals surface area contributed by atoms with Gasteiger partial charge in [-0.2, -0.15) is 8.42 Å². The third kappa shape index (κ3) is 6.80. The maximum atomic E-state index is 11.6. The van der Waals surface area contributed by atoms with Crippen LogP contribution in [0.25, 0.3) is 0 Å². The predicted octanol–water partition coefficient (Wildman–Crippen LogP) is 4.91. The molecule has 2 aromatic carbocycles. The second-order valence-corrected chi connectivity index (χ2v) is 9.35. The van der Waals surface area contributed by atoms with Crippen LogP contribution in [0.4, 0.5) is 0 Å². The molecule has 31 heavy (non-hydrogen) atoms. The van der Waals surface area contributed by atoms with E-state index in [1.165, 1.54) is 17.2 Å². The van der Waals surface area contributed by atoms with Crippen LogP contribution in [0.15, 0.2) is 46.4 Å². The molecule has 1 aliphatic rings. The minimum atomic E-state index is -4.19. The first kappa shape index (κ1) is 23.3. The molecule has 0 spiro atoms. The van der Waals surface area contributed by atoms with Crippen molar-refractivity contribution in [2.45, 2.75) is 69.8 Å². The van der Waals surface area contributed by atoms with Crippen LogP contribution in [-0.4, -0.2) is 31.9 Å². The first-order chi connectivity index (χ1) is 14.9. The van der Waals surface area contributed by atoms with Crippen LogP contribution in [0.1, 0.15) is 54.9 Å². The van der Waals surface area contributed by atoms with Gasteiger partial charge in [0.05, 0.1) is 11.0 Å². The van der Waals surface area contributed by atoms with Crippen molar-refractivity contribution in [2.75, 3.05) is 6.61 Å². The minimum absolute atomic E-state index is 0.0167. The Kier molecular flexibility index (Phi) is 8.09. The van der Waals surface area contributed by atoms with E-state index in [1.807, 2.05) is 26.0 Å². The largest absolute Gasteiger partial charge is 0.490 e. The van der Waals surface area contributed by atoms with Gasteiger partial charge in [-0.25, -0.2) is 0 Å². The third-order valence-corrected chi connectivity index (χ3v) is 6.43. The summed E-state index contributed by atoms with van der Waals surface area (Å²) < 4.78 is 38.8. The molecule has 0 saturated carbocycles. The number of nitrogens with zero attached hydrogens (tertiary/aromatic N) is 1. The van der Waals surface area contributed by atoms with Crippen molar-refractivity contribution in [3.8, 4) is 5.75 Å². The Bertz CT molecular complexity index is 1020. The highest BCUT2D eigenvalue weighted by Gasteiger charge is 2.20. The average Bonchev–Trinajstić information content (AvgIpc) is 2.73. The highest BCUT2D eigenvalue weighted by Crippen LogP contribution is 2.30. The highest BCUT2D eigenvalue weighted by atomic mass is 32.2. The fourth-order valence-corrected chi connectivity index (χ4v) is 4.67. The van der Waals surface area contributed by atoms with Gasteiger partial charge in [-0.3, -0.25) is 4.55 Å². The summed E-state index contributed by atoms with van der Waals surface area (Å²) >= 11 is 0. The summed E-state index contributed by atoms with van der Waals surface area (Å²) in [5.41, 5.74) is 4.09. The van der Waals surface area contributed by atoms with Crippen molar-refractivity contribution in [1.29, 1.82) is 0 Å². The third-order valence-electron chi connectivity index (χ3n) is 5.48. The van der Waals surface area contributed by atoms with Crippen molar-refractivity contribution >= 4 is 16.3 Å². The summed E-state index contributed by atoms with van der Waals surface area (Å²) in [7, 11) is -4.19. The Morgan fingerprint density at radius 1 is 1.23 bits per heavy atom. The maximum absolute atomic E-state index is 11.6. The van der Waals surface area contributed by atoms with E-state index in [-0.39, 0.29) is 11.0 Å². The Balaban J connectivity index is 1.49. The molecule has 1 unspecified atom stereocenters. The summed E-state index contributed by atoms with van der Waals surface area (Å²) in [4.78, 5) is 5.01. The number of fused-ring (bicyclic) bond motifs is 1. The molecule has 6 nitrogen and oxygen atoms in total. The van der Waals surface area contributed by atoms with Gasteiger partial charge in [0.1, 0.15) is 12.4 Å². The minimum Gasteiger partial charge on any atom is -0.490 e. The monoisotopic (exact) mass is 445 g/mol. The van der Waals surface area contributed by atoms with E-state index in [1.54, 1.807) is 12.3 Å². The molecule has 0 radical (unpaired) electrons. The van der Waals surface area contributed by atoms with Crippen molar-refractivity contribution in [3.05, 3.63) is 58.7 Å². The van der Waals surface area contributed by atoms with Crippen LogP contribution in [0, 0.1) is 6.92 Å². The van der Waals surface area contributed by atoms with Crippen molar-refractivity contribution in [2.24, 2.45) is 5.16 Å². The quantitative estimate of drug-likeness (QED) is 0.243. The van der Waals surface area contributed by atoms with Gasteiger partial charge in [0.25, 0.3) is 10.1 Å². The molecule has 0 fully saturated rings. The van der Waals surface area contributed by atoms with Gasteiger partial charge in [0, 0.05) is 12.6 Å². The van der Waals surface area contributed by atoms with Gasteiger partial charge < -0.3 is 9.57 Å². The second kappa shape index (κ2) is 10.8. The molecule has 3 rings (SSSR count). The number of ether oxygens (including phenoxy) is 1. The number of unbranched alkanes of at least 4 members (excludes halogenated alkanes) is 1. The van der Waals surface area contributed by atoms with E-state index in [0.29, 0.717) is 18.6 Å². The number of benzene rings is 2. The summed E-state index contributed by atoms with van der Waals surface area (Å²) in [6.45, 7) is 4.40. The lowest BCUT2D eigenvalue weighted by Crippen LogP contribution is -2.22. The predicted molar refractivity (Wildman–Crippen MR) is 122 cm³/mol. The van der Waals surface area contributed by atoms with E-state index >= 15 is 0 Å². The molecule has 2 aromatic rings. The van der Waals surface area contributed by atoms with Crippen molar-refractivity contribution < 1.29 is 22.5 Å². The molecule has 1 N–H and O–H groups in total. The Hall–Kier alpha value is -2.38. The van der Waals surface area contributed by atoms with Gasteiger partial charge in [-0.1, -0.05) is 35.0 Å². The number of hydrogen-bond donors (Lipinski definition) is 1. The van der Waals surface area contributed by atoms with Crippen LogP contribution in [0.3, 0.4) is 0 Å². The smallest absolute Gasteiger partial charge is 0.294 e. The van der Waals surface area contributed by atoms with E-state index in [0.717, 1.165) is 49.8 Å². The van der Waals surface area contributed by atoms with Gasteiger partial charge >= 0.3 is 0 Å². The fraction of sp³-hybridized carbons (Fsp3) is 0.458. The van der Waals surface area contributed by atoms with Crippen molar-refractivity contribution in [1.82, 2.24) is 0 Å². The molecule has 1 aliphatic heterocycles. The van der Waals surface area contributed by atoms with Crippen LogP contribution in [-0.2, 0) is 34.2 Å². The molecule has 0 aliphatic carbocycles. The normalized spacial score (nSPS) is 16.2. The maximum Gasteiger partial charge on any atom is 0.294 e. The van der Waals surface area contributed by atoms with Gasteiger partial charge in [-0.05, 0) is 81.2 Å².